The molecule has 1 aliphatic heterocycles. The Morgan fingerprint density at radius 1 is 1.33 bits per heavy atom. The van der Waals surface area contributed by atoms with Gasteiger partial charge >= 0.3 is 0 Å². The number of hydrogen-bond acceptors (Lipinski definition) is 7. The number of carbonyl (C=O) groups excluding carboxylic acids is 1. The van der Waals surface area contributed by atoms with Crippen molar-refractivity contribution in [2.45, 2.75) is 34.5 Å². The second kappa shape index (κ2) is 8.96. The summed E-state index contributed by atoms with van der Waals surface area (Å²) in [4.78, 5) is 13.0. The van der Waals surface area contributed by atoms with Crippen LogP contribution in [0, 0.1) is 0 Å². The van der Waals surface area contributed by atoms with Gasteiger partial charge in [0.2, 0.25) is 21.1 Å². The Kier molecular flexibility index (Phi) is 6.64. The molecule has 0 bridgehead atoms. The van der Waals surface area contributed by atoms with Gasteiger partial charge in [-0.1, -0.05) is 53.8 Å². The van der Waals surface area contributed by atoms with E-state index in [-0.39, 0.29) is 10.8 Å². The van der Waals surface area contributed by atoms with Crippen molar-refractivity contribution in [3.05, 3.63) is 43.0 Å². The number of anilines is 1. The molecule has 0 saturated carbocycles. The van der Waals surface area contributed by atoms with Gasteiger partial charge in [0.1, 0.15) is 6.04 Å². The van der Waals surface area contributed by atoms with Crippen molar-refractivity contribution >= 4 is 44.2 Å². The van der Waals surface area contributed by atoms with Gasteiger partial charge in [0.15, 0.2) is 4.34 Å². The fraction of sp³-hybridized carbons (Fsp3) is 0.353. The highest BCUT2D eigenvalue weighted by molar-refractivity contribution is 8.01. The van der Waals surface area contributed by atoms with E-state index in [1.54, 1.807) is 36.4 Å². The summed E-state index contributed by atoms with van der Waals surface area (Å²) in [6, 6.07) is 7.46. The number of aromatic nitrogens is 2. The van der Waals surface area contributed by atoms with Crippen LogP contribution in [0.3, 0.4) is 0 Å². The molecule has 27 heavy (non-hydrogen) atoms. The van der Waals surface area contributed by atoms with Crippen molar-refractivity contribution in [2.75, 3.05) is 17.6 Å². The molecule has 1 atom stereocenters. The zero-order chi connectivity index (χ0) is 19.3. The SMILES string of the molecule is C=CCSc1nnc(NC(=O)[C@@H]2CCCCN2S(=O)(=O)c2ccccc2)s1. The lowest BCUT2D eigenvalue weighted by atomic mass is 10.0. The largest absolute Gasteiger partial charge is 0.299 e. The lowest BCUT2D eigenvalue weighted by Crippen LogP contribution is -2.49. The van der Waals surface area contributed by atoms with Crippen molar-refractivity contribution in [2.24, 2.45) is 0 Å². The first-order chi connectivity index (χ1) is 13.0. The summed E-state index contributed by atoms with van der Waals surface area (Å²) >= 11 is 2.74. The molecule has 2 aromatic rings. The molecule has 3 rings (SSSR count). The summed E-state index contributed by atoms with van der Waals surface area (Å²) in [5, 5.41) is 11.1. The average Bonchev–Trinajstić information content (AvgIpc) is 3.14. The molecule has 0 radical (unpaired) electrons. The van der Waals surface area contributed by atoms with Crippen LogP contribution in [-0.4, -0.2) is 47.2 Å². The van der Waals surface area contributed by atoms with Crippen molar-refractivity contribution in [1.29, 1.82) is 0 Å². The van der Waals surface area contributed by atoms with Gasteiger partial charge in [0.05, 0.1) is 4.90 Å². The maximum Gasteiger partial charge on any atom is 0.244 e. The van der Waals surface area contributed by atoms with Crippen LogP contribution in [0.2, 0.25) is 0 Å². The van der Waals surface area contributed by atoms with Gasteiger partial charge in [-0.2, -0.15) is 4.31 Å². The summed E-state index contributed by atoms with van der Waals surface area (Å²) in [7, 11) is -3.73. The molecular formula is C17H20N4O3S3. The molecule has 1 aliphatic rings. The van der Waals surface area contributed by atoms with Crippen molar-refractivity contribution in [3.8, 4) is 0 Å². The molecule has 1 N–H and O–H groups in total. The van der Waals surface area contributed by atoms with E-state index in [0.717, 1.165) is 17.2 Å². The maximum absolute atomic E-state index is 13.0. The number of hydrogen-bond donors (Lipinski definition) is 1. The topological polar surface area (TPSA) is 92.3 Å². The average molecular weight is 425 g/mol. The van der Waals surface area contributed by atoms with E-state index in [1.165, 1.54) is 27.4 Å². The number of sulfonamides is 1. The monoisotopic (exact) mass is 424 g/mol. The molecule has 1 amide bonds. The lowest BCUT2D eigenvalue weighted by Gasteiger charge is -2.33. The molecule has 0 spiro atoms. The molecule has 1 aromatic carbocycles. The van der Waals surface area contributed by atoms with E-state index in [4.69, 9.17) is 0 Å². The minimum Gasteiger partial charge on any atom is -0.299 e. The van der Waals surface area contributed by atoms with Gasteiger partial charge in [-0.3, -0.25) is 10.1 Å². The molecule has 2 heterocycles. The summed E-state index contributed by atoms with van der Waals surface area (Å²) in [6.45, 7) is 3.98. The van der Waals surface area contributed by atoms with Gasteiger partial charge in [0, 0.05) is 12.3 Å². The standard InChI is InChI=1S/C17H20N4O3S3/c1-2-12-25-17-20-19-16(26-17)18-15(22)14-10-6-7-11-21(14)27(23,24)13-8-4-3-5-9-13/h2-5,8-9,14H,1,6-7,10-12H2,(H,18,19,22)/t14-/m0/s1. The Morgan fingerprint density at radius 2 is 2.11 bits per heavy atom. The maximum atomic E-state index is 13.0. The first-order valence-electron chi connectivity index (χ1n) is 8.47. The fourth-order valence-corrected chi connectivity index (χ4v) is 6.01. The predicted molar refractivity (Wildman–Crippen MR) is 107 cm³/mol. The fourth-order valence-electron chi connectivity index (χ4n) is 2.82. The van der Waals surface area contributed by atoms with E-state index < -0.39 is 16.1 Å². The van der Waals surface area contributed by atoms with Crippen LogP contribution in [0.25, 0.3) is 0 Å². The van der Waals surface area contributed by atoms with Crippen LogP contribution in [0.4, 0.5) is 5.13 Å². The highest BCUT2D eigenvalue weighted by atomic mass is 32.2. The second-order valence-electron chi connectivity index (χ2n) is 5.90. The van der Waals surface area contributed by atoms with Crippen molar-refractivity contribution < 1.29 is 13.2 Å². The molecule has 10 heteroatoms. The summed E-state index contributed by atoms with van der Waals surface area (Å²) in [5.74, 6) is 0.333. The van der Waals surface area contributed by atoms with Crippen LogP contribution in [0.1, 0.15) is 19.3 Å². The summed E-state index contributed by atoms with van der Waals surface area (Å²) in [5.41, 5.74) is 0. The third-order valence-corrected chi connectivity index (χ3v) is 7.96. The molecule has 1 fully saturated rings. The number of nitrogens with one attached hydrogen (secondary N) is 1. The Morgan fingerprint density at radius 3 is 2.85 bits per heavy atom. The van der Waals surface area contributed by atoms with Gasteiger partial charge < -0.3 is 0 Å². The van der Waals surface area contributed by atoms with Gasteiger partial charge in [-0.05, 0) is 25.0 Å². The highest BCUT2D eigenvalue weighted by Crippen LogP contribution is 2.28. The number of carbonyl (C=O) groups is 1. The molecule has 7 nitrogen and oxygen atoms in total. The first kappa shape index (κ1) is 20.0. The van der Waals surface area contributed by atoms with E-state index in [2.05, 4.69) is 22.1 Å². The Hall–Kier alpha value is -1.75. The summed E-state index contributed by atoms with van der Waals surface area (Å²) < 4.78 is 28.0. The van der Waals surface area contributed by atoms with Crippen LogP contribution >= 0.6 is 23.1 Å². The number of rotatable bonds is 7. The van der Waals surface area contributed by atoms with Crippen LogP contribution < -0.4 is 5.32 Å². The Labute approximate surface area is 166 Å². The quantitative estimate of drug-likeness (QED) is 0.417. The van der Waals surface area contributed by atoms with E-state index in [0.29, 0.717) is 23.8 Å². The lowest BCUT2D eigenvalue weighted by molar-refractivity contribution is -0.120. The van der Waals surface area contributed by atoms with Crippen molar-refractivity contribution in [1.82, 2.24) is 14.5 Å². The zero-order valence-corrected chi connectivity index (χ0v) is 17.0. The Bertz CT molecular complexity index is 899. The number of benzene rings is 1. The van der Waals surface area contributed by atoms with Crippen LogP contribution in [0.5, 0.6) is 0 Å². The number of nitrogens with zero attached hydrogens (tertiary/aromatic N) is 3. The normalized spacial score (nSPS) is 18.1. The first-order valence-corrected chi connectivity index (χ1v) is 11.7. The van der Waals surface area contributed by atoms with Crippen LogP contribution in [-0.2, 0) is 14.8 Å². The molecular weight excluding hydrogens is 404 g/mol. The molecule has 0 unspecified atom stereocenters. The summed E-state index contributed by atoms with van der Waals surface area (Å²) in [6.07, 6.45) is 3.78. The third-order valence-electron chi connectivity index (χ3n) is 4.07. The number of thioether (sulfide) groups is 1. The smallest absolute Gasteiger partial charge is 0.244 e. The number of piperidine rings is 1. The van der Waals surface area contributed by atoms with E-state index in [1.807, 2.05) is 0 Å². The predicted octanol–water partition coefficient (Wildman–Crippen LogP) is 3.00. The highest BCUT2D eigenvalue weighted by Gasteiger charge is 2.37. The van der Waals surface area contributed by atoms with Gasteiger partial charge in [-0.15, -0.1) is 16.8 Å². The Balaban J connectivity index is 1.76. The molecule has 0 aliphatic carbocycles. The van der Waals surface area contributed by atoms with Gasteiger partial charge in [-0.25, -0.2) is 8.42 Å². The molecule has 1 aromatic heterocycles. The minimum atomic E-state index is -3.73. The van der Waals surface area contributed by atoms with Crippen LogP contribution in [0.15, 0.2) is 52.2 Å². The number of amides is 1. The molecule has 144 valence electrons. The van der Waals surface area contributed by atoms with E-state index >= 15 is 0 Å². The van der Waals surface area contributed by atoms with Crippen molar-refractivity contribution in [3.63, 3.8) is 0 Å². The zero-order valence-electron chi connectivity index (χ0n) is 14.6. The molecule has 1 saturated heterocycles. The second-order valence-corrected chi connectivity index (χ2v) is 10.0. The third kappa shape index (κ3) is 4.75. The van der Waals surface area contributed by atoms with E-state index in [9.17, 15) is 13.2 Å². The van der Waals surface area contributed by atoms with Gasteiger partial charge in [0.25, 0.3) is 0 Å². The minimum absolute atomic E-state index is 0.198.